The van der Waals surface area contributed by atoms with Crippen molar-refractivity contribution in [1.29, 1.82) is 0 Å². The van der Waals surface area contributed by atoms with E-state index in [-0.39, 0.29) is 0 Å². The van der Waals surface area contributed by atoms with Crippen molar-refractivity contribution in [3.8, 4) is 0 Å². The van der Waals surface area contributed by atoms with E-state index in [2.05, 4.69) is 47.9 Å². The Morgan fingerprint density at radius 3 is 2.18 bits per heavy atom. The predicted molar refractivity (Wildman–Crippen MR) is 117 cm³/mol. The number of carboxylic acid groups (broad SMARTS) is 1. The lowest BCUT2D eigenvalue weighted by Crippen LogP contribution is -2.34. The van der Waals surface area contributed by atoms with E-state index in [1.165, 1.54) is 18.5 Å². The molecule has 150 valence electrons. The van der Waals surface area contributed by atoms with Gasteiger partial charge in [-0.1, -0.05) is 18.2 Å². The highest BCUT2D eigenvalue weighted by atomic mass is 16.4. The maximum absolute atomic E-state index is 12.4. The first kappa shape index (κ1) is 20.2. The van der Waals surface area contributed by atoms with Crippen LogP contribution in [0.4, 0.5) is 11.4 Å². The molecular formula is C24H32N2O2. The van der Waals surface area contributed by atoms with Crippen LogP contribution in [0.2, 0.25) is 0 Å². The number of nitrogens with zero attached hydrogens (tertiary/aromatic N) is 2. The molecule has 1 fully saturated rings. The fourth-order valence-corrected chi connectivity index (χ4v) is 4.37. The predicted octanol–water partition coefficient (Wildman–Crippen LogP) is 4.83. The molecule has 0 aliphatic carbocycles. The Kier molecular flexibility index (Phi) is 5.97. The highest BCUT2D eigenvalue weighted by molar-refractivity contribution is 5.86. The van der Waals surface area contributed by atoms with Gasteiger partial charge in [0, 0.05) is 37.6 Å². The summed E-state index contributed by atoms with van der Waals surface area (Å²) in [5.74, 6) is -0.819. The van der Waals surface area contributed by atoms with E-state index in [0.717, 1.165) is 48.6 Å². The first-order valence-electron chi connectivity index (χ1n) is 10.4. The number of aliphatic carboxylic acids is 1. The van der Waals surface area contributed by atoms with E-state index in [9.17, 15) is 9.90 Å². The topological polar surface area (TPSA) is 43.8 Å². The normalized spacial score (nSPS) is 16.1. The fraction of sp³-hybridized carbons (Fsp3) is 0.458. The van der Waals surface area contributed by atoms with Crippen molar-refractivity contribution in [2.75, 3.05) is 36.0 Å². The zero-order chi connectivity index (χ0) is 20.3. The largest absolute Gasteiger partial charge is 0.480 e. The molecule has 1 N–H and O–H groups in total. The quantitative estimate of drug-likeness (QED) is 0.747. The summed E-state index contributed by atoms with van der Waals surface area (Å²) in [7, 11) is 0. The fourth-order valence-electron chi connectivity index (χ4n) is 4.37. The number of hydrogen-bond acceptors (Lipinski definition) is 3. The number of rotatable bonds is 7. The second-order valence-corrected chi connectivity index (χ2v) is 7.84. The second-order valence-electron chi connectivity index (χ2n) is 7.84. The first-order chi connectivity index (χ1) is 13.4. The minimum absolute atomic E-state index is 0.819. The van der Waals surface area contributed by atoms with Crippen LogP contribution in [0.15, 0.2) is 42.5 Å². The Hall–Kier alpha value is -2.49. The smallest absolute Gasteiger partial charge is 0.318 e. The molecule has 2 aromatic rings. The van der Waals surface area contributed by atoms with Gasteiger partial charge in [0.05, 0.1) is 0 Å². The number of carbonyl (C=O) groups is 1. The van der Waals surface area contributed by atoms with Crippen LogP contribution < -0.4 is 9.80 Å². The molecule has 2 aromatic carbocycles. The Labute approximate surface area is 168 Å². The highest BCUT2D eigenvalue weighted by Crippen LogP contribution is 2.37. The van der Waals surface area contributed by atoms with Crippen molar-refractivity contribution < 1.29 is 9.90 Å². The zero-order valence-electron chi connectivity index (χ0n) is 17.5. The van der Waals surface area contributed by atoms with Crippen LogP contribution in [-0.4, -0.2) is 37.3 Å². The summed E-state index contributed by atoms with van der Waals surface area (Å²) in [5.41, 5.74) is 3.94. The maximum atomic E-state index is 12.4. The van der Waals surface area contributed by atoms with Crippen LogP contribution in [-0.2, 0) is 10.2 Å². The van der Waals surface area contributed by atoms with E-state index in [0.29, 0.717) is 0 Å². The Morgan fingerprint density at radius 2 is 1.68 bits per heavy atom. The lowest BCUT2D eigenvalue weighted by molar-refractivity contribution is -0.141. The molecule has 28 heavy (non-hydrogen) atoms. The van der Waals surface area contributed by atoms with Gasteiger partial charge in [0.15, 0.2) is 0 Å². The van der Waals surface area contributed by atoms with Gasteiger partial charge in [0.2, 0.25) is 0 Å². The summed E-state index contributed by atoms with van der Waals surface area (Å²) < 4.78 is 0. The monoisotopic (exact) mass is 380 g/mol. The van der Waals surface area contributed by atoms with Crippen LogP contribution in [0.25, 0.3) is 0 Å². The Bertz CT molecular complexity index is 821. The average molecular weight is 381 g/mol. The average Bonchev–Trinajstić information content (AvgIpc) is 3.23. The van der Waals surface area contributed by atoms with E-state index < -0.39 is 11.4 Å². The zero-order valence-corrected chi connectivity index (χ0v) is 17.5. The lowest BCUT2D eigenvalue weighted by Gasteiger charge is -2.30. The molecule has 0 saturated carbocycles. The molecule has 0 spiro atoms. The molecule has 4 heteroatoms. The second kappa shape index (κ2) is 8.26. The molecule has 1 unspecified atom stereocenters. The lowest BCUT2D eigenvalue weighted by atomic mass is 9.74. The molecule has 0 amide bonds. The van der Waals surface area contributed by atoms with E-state index in [1.807, 2.05) is 32.0 Å². The number of aryl methyl sites for hydroxylation is 1. The third-order valence-electron chi connectivity index (χ3n) is 6.22. The summed E-state index contributed by atoms with van der Waals surface area (Å²) in [4.78, 5) is 17.1. The first-order valence-corrected chi connectivity index (χ1v) is 10.4. The van der Waals surface area contributed by atoms with Gasteiger partial charge in [0.1, 0.15) is 5.41 Å². The van der Waals surface area contributed by atoms with Crippen molar-refractivity contribution in [2.45, 2.75) is 46.0 Å². The van der Waals surface area contributed by atoms with Crippen molar-refractivity contribution in [1.82, 2.24) is 0 Å². The number of hydrogen-bond donors (Lipinski definition) is 1. The summed E-state index contributed by atoms with van der Waals surface area (Å²) in [6, 6.07) is 14.3. The molecule has 1 aliphatic heterocycles. The summed E-state index contributed by atoms with van der Waals surface area (Å²) >= 11 is 0. The standard InChI is InChI=1S/C24H32N2O2/c1-5-25(6-2)21-13-14-22(18(3)17-21)24(4,23(27)28)19-9-11-20(12-10-19)26-15-7-8-16-26/h9-14,17H,5-8,15-16H2,1-4H3,(H,27,28). The van der Waals surface area contributed by atoms with Gasteiger partial charge in [0.25, 0.3) is 0 Å². The van der Waals surface area contributed by atoms with Crippen LogP contribution in [0.1, 0.15) is 50.3 Å². The number of carboxylic acids is 1. The Morgan fingerprint density at radius 1 is 1.07 bits per heavy atom. The van der Waals surface area contributed by atoms with Crippen LogP contribution >= 0.6 is 0 Å². The van der Waals surface area contributed by atoms with Gasteiger partial charge in [-0.2, -0.15) is 0 Å². The van der Waals surface area contributed by atoms with Gasteiger partial charge in [-0.05, 0) is 81.5 Å². The minimum Gasteiger partial charge on any atom is -0.480 e. The summed E-state index contributed by atoms with van der Waals surface area (Å²) in [6.07, 6.45) is 2.46. The van der Waals surface area contributed by atoms with Crippen LogP contribution in [0.5, 0.6) is 0 Å². The summed E-state index contributed by atoms with van der Waals surface area (Å²) in [6.45, 7) is 12.1. The third kappa shape index (κ3) is 3.60. The Balaban J connectivity index is 1.99. The van der Waals surface area contributed by atoms with E-state index >= 15 is 0 Å². The van der Waals surface area contributed by atoms with Crippen LogP contribution in [0, 0.1) is 6.92 Å². The van der Waals surface area contributed by atoms with Crippen molar-refractivity contribution in [3.63, 3.8) is 0 Å². The van der Waals surface area contributed by atoms with Crippen molar-refractivity contribution >= 4 is 17.3 Å². The van der Waals surface area contributed by atoms with Crippen LogP contribution in [0.3, 0.4) is 0 Å². The number of anilines is 2. The van der Waals surface area contributed by atoms with Crippen molar-refractivity contribution in [3.05, 3.63) is 59.2 Å². The number of benzene rings is 2. The highest BCUT2D eigenvalue weighted by Gasteiger charge is 2.38. The molecule has 0 bridgehead atoms. The molecule has 4 nitrogen and oxygen atoms in total. The van der Waals surface area contributed by atoms with Gasteiger partial charge in [-0.15, -0.1) is 0 Å². The maximum Gasteiger partial charge on any atom is 0.318 e. The molecule has 1 aliphatic rings. The van der Waals surface area contributed by atoms with Gasteiger partial charge in [-0.25, -0.2) is 0 Å². The third-order valence-corrected chi connectivity index (χ3v) is 6.22. The summed E-state index contributed by atoms with van der Waals surface area (Å²) in [5, 5.41) is 10.2. The van der Waals surface area contributed by atoms with Crippen molar-refractivity contribution in [2.24, 2.45) is 0 Å². The molecule has 0 radical (unpaired) electrons. The molecule has 1 atom stereocenters. The molecular weight excluding hydrogens is 348 g/mol. The van der Waals surface area contributed by atoms with E-state index in [4.69, 9.17) is 0 Å². The molecule has 1 saturated heterocycles. The minimum atomic E-state index is -1.07. The van der Waals surface area contributed by atoms with E-state index in [1.54, 1.807) is 0 Å². The SMILES string of the molecule is CCN(CC)c1ccc(C(C)(C(=O)O)c2ccc(N3CCCC3)cc2)c(C)c1. The van der Waals surface area contributed by atoms with Gasteiger partial charge in [-0.3, -0.25) is 4.79 Å². The van der Waals surface area contributed by atoms with Gasteiger partial charge >= 0.3 is 5.97 Å². The molecule has 3 rings (SSSR count). The molecule has 0 aromatic heterocycles. The van der Waals surface area contributed by atoms with Gasteiger partial charge < -0.3 is 14.9 Å². The molecule has 1 heterocycles.